The topological polar surface area (TPSA) is 91.2 Å². The van der Waals surface area contributed by atoms with Crippen molar-refractivity contribution in [1.29, 1.82) is 5.26 Å². The zero-order valence-electron chi connectivity index (χ0n) is 14.2. The van der Waals surface area contributed by atoms with Gasteiger partial charge in [0.25, 0.3) is 5.91 Å². The quantitative estimate of drug-likeness (QED) is 0.474. The first-order valence-corrected chi connectivity index (χ1v) is 7.95. The van der Waals surface area contributed by atoms with E-state index in [0.29, 0.717) is 27.5 Å². The number of benzene rings is 2. The van der Waals surface area contributed by atoms with Gasteiger partial charge in [0.2, 0.25) is 0 Å². The number of hydrogen-bond donors (Lipinski definition) is 2. The number of hydrogen-bond acceptors (Lipinski definition) is 5. The molecule has 7 heteroatoms. The SMILES string of the molecule is COC(=O)c1ccc(N/C=C(/C#N)C(=O)Nc2cccc(Cl)c2C)cc1. The van der Waals surface area contributed by atoms with Crippen LogP contribution < -0.4 is 10.6 Å². The van der Waals surface area contributed by atoms with Gasteiger partial charge < -0.3 is 15.4 Å². The van der Waals surface area contributed by atoms with Crippen molar-refractivity contribution in [3.8, 4) is 6.07 Å². The number of esters is 1. The first-order chi connectivity index (χ1) is 12.5. The van der Waals surface area contributed by atoms with Gasteiger partial charge in [0.05, 0.1) is 12.7 Å². The highest BCUT2D eigenvalue weighted by atomic mass is 35.5. The molecule has 0 saturated heterocycles. The van der Waals surface area contributed by atoms with Crippen LogP contribution in [0.25, 0.3) is 0 Å². The zero-order chi connectivity index (χ0) is 19.1. The summed E-state index contributed by atoms with van der Waals surface area (Å²) < 4.78 is 4.62. The van der Waals surface area contributed by atoms with Gasteiger partial charge in [0.1, 0.15) is 11.6 Å². The fourth-order valence-electron chi connectivity index (χ4n) is 2.06. The van der Waals surface area contributed by atoms with Gasteiger partial charge in [-0.15, -0.1) is 0 Å². The monoisotopic (exact) mass is 369 g/mol. The Labute approximate surface area is 156 Å². The van der Waals surface area contributed by atoms with Crippen molar-refractivity contribution in [1.82, 2.24) is 0 Å². The number of methoxy groups -OCH3 is 1. The summed E-state index contributed by atoms with van der Waals surface area (Å²) in [6.07, 6.45) is 1.29. The second-order valence-corrected chi connectivity index (χ2v) is 5.66. The molecule has 0 spiro atoms. The van der Waals surface area contributed by atoms with E-state index in [9.17, 15) is 14.9 Å². The van der Waals surface area contributed by atoms with E-state index in [1.807, 2.05) is 6.07 Å². The lowest BCUT2D eigenvalue weighted by atomic mass is 10.2. The maximum Gasteiger partial charge on any atom is 0.337 e. The number of rotatable bonds is 5. The van der Waals surface area contributed by atoms with E-state index in [2.05, 4.69) is 15.4 Å². The molecule has 132 valence electrons. The molecule has 0 aromatic heterocycles. The predicted octanol–water partition coefficient (Wildman–Crippen LogP) is 3.89. The van der Waals surface area contributed by atoms with E-state index in [1.54, 1.807) is 49.4 Å². The maximum absolute atomic E-state index is 12.3. The van der Waals surface area contributed by atoms with Crippen LogP contribution in [0, 0.1) is 18.3 Å². The van der Waals surface area contributed by atoms with Crippen molar-refractivity contribution in [2.45, 2.75) is 6.92 Å². The molecule has 2 N–H and O–H groups in total. The average Bonchev–Trinajstić information content (AvgIpc) is 2.65. The number of carbonyl (C=O) groups excluding carboxylic acids is 2. The van der Waals surface area contributed by atoms with Crippen molar-refractivity contribution in [3.05, 3.63) is 70.4 Å². The predicted molar refractivity (Wildman–Crippen MR) is 99.9 cm³/mol. The van der Waals surface area contributed by atoms with Crippen LogP contribution in [-0.4, -0.2) is 19.0 Å². The first kappa shape index (κ1) is 19.0. The van der Waals surface area contributed by atoms with Crippen molar-refractivity contribution in [3.63, 3.8) is 0 Å². The molecule has 0 saturated carbocycles. The van der Waals surface area contributed by atoms with Gasteiger partial charge in [-0.2, -0.15) is 5.26 Å². The van der Waals surface area contributed by atoms with E-state index in [-0.39, 0.29) is 5.57 Å². The number of halogens is 1. The molecular weight excluding hydrogens is 354 g/mol. The fraction of sp³-hybridized carbons (Fsp3) is 0.105. The zero-order valence-corrected chi connectivity index (χ0v) is 14.9. The summed E-state index contributed by atoms with van der Waals surface area (Å²) in [5.74, 6) is -1.00. The van der Waals surface area contributed by atoms with Gasteiger partial charge in [0.15, 0.2) is 0 Å². The summed E-state index contributed by atoms with van der Waals surface area (Å²) in [4.78, 5) is 23.7. The Balaban J connectivity index is 2.10. The molecule has 26 heavy (non-hydrogen) atoms. The van der Waals surface area contributed by atoms with Crippen molar-refractivity contribution < 1.29 is 14.3 Å². The molecule has 0 heterocycles. The molecule has 0 aliphatic carbocycles. The molecule has 0 aliphatic heterocycles. The molecule has 1 amide bonds. The Kier molecular flexibility index (Phi) is 6.36. The van der Waals surface area contributed by atoms with E-state index in [1.165, 1.54) is 13.3 Å². The smallest absolute Gasteiger partial charge is 0.337 e. The molecule has 2 rings (SSSR count). The fourth-order valence-corrected chi connectivity index (χ4v) is 2.23. The molecule has 0 fully saturated rings. The number of amides is 1. The number of anilines is 2. The van der Waals surface area contributed by atoms with Crippen molar-refractivity contribution in [2.75, 3.05) is 17.7 Å². The van der Waals surface area contributed by atoms with Gasteiger partial charge in [-0.25, -0.2) is 4.79 Å². The minimum atomic E-state index is -0.559. The number of carbonyl (C=O) groups is 2. The van der Waals surface area contributed by atoms with Gasteiger partial charge in [0, 0.05) is 22.6 Å². The molecular formula is C19H16ClN3O3. The molecule has 0 bridgehead atoms. The summed E-state index contributed by atoms with van der Waals surface area (Å²) in [7, 11) is 1.30. The van der Waals surface area contributed by atoms with E-state index >= 15 is 0 Å². The lowest BCUT2D eigenvalue weighted by Crippen LogP contribution is -2.15. The first-order valence-electron chi connectivity index (χ1n) is 7.58. The van der Waals surface area contributed by atoms with Gasteiger partial charge in [-0.05, 0) is 48.9 Å². The van der Waals surface area contributed by atoms with Gasteiger partial charge >= 0.3 is 5.97 Å². The Morgan fingerprint density at radius 3 is 2.50 bits per heavy atom. The van der Waals surface area contributed by atoms with Crippen LogP contribution in [-0.2, 0) is 9.53 Å². The largest absolute Gasteiger partial charge is 0.465 e. The lowest BCUT2D eigenvalue weighted by molar-refractivity contribution is -0.112. The Bertz CT molecular complexity index is 899. The summed E-state index contributed by atoms with van der Waals surface area (Å²) in [5.41, 5.74) is 2.15. The maximum atomic E-state index is 12.3. The average molecular weight is 370 g/mol. The summed E-state index contributed by atoms with van der Waals surface area (Å²) in [6.45, 7) is 1.77. The highest BCUT2D eigenvalue weighted by Crippen LogP contribution is 2.23. The van der Waals surface area contributed by atoms with Crippen LogP contribution in [0.4, 0.5) is 11.4 Å². The Morgan fingerprint density at radius 1 is 1.19 bits per heavy atom. The highest BCUT2D eigenvalue weighted by molar-refractivity contribution is 6.31. The molecule has 2 aromatic rings. The van der Waals surface area contributed by atoms with Gasteiger partial charge in [-0.3, -0.25) is 4.79 Å². The number of nitrogens with one attached hydrogen (secondary N) is 2. The minimum absolute atomic E-state index is 0.110. The normalized spacial score (nSPS) is 10.6. The third kappa shape index (κ3) is 4.62. The summed E-state index contributed by atoms with van der Waals surface area (Å²) in [6, 6.07) is 13.4. The summed E-state index contributed by atoms with van der Waals surface area (Å²) in [5, 5.41) is 15.2. The number of ether oxygens (including phenoxy) is 1. The molecule has 0 aliphatic rings. The number of nitrogens with zero attached hydrogens (tertiary/aromatic N) is 1. The number of nitriles is 1. The highest BCUT2D eigenvalue weighted by Gasteiger charge is 2.12. The summed E-state index contributed by atoms with van der Waals surface area (Å²) >= 11 is 6.02. The van der Waals surface area contributed by atoms with Crippen LogP contribution in [0.15, 0.2) is 54.2 Å². The molecule has 0 unspecified atom stereocenters. The molecule has 0 radical (unpaired) electrons. The standard InChI is InChI=1S/C19H16ClN3O3/c1-12-16(20)4-3-5-17(12)23-18(24)14(10-21)11-22-15-8-6-13(7-9-15)19(25)26-2/h3-9,11,22H,1-2H3,(H,23,24)/b14-11-. The van der Waals surface area contributed by atoms with Crippen molar-refractivity contribution in [2.24, 2.45) is 0 Å². The van der Waals surface area contributed by atoms with Crippen LogP contribution in [0.2, 0.25) is 5.02 Å². The van der Waals surface area contributed by atoms with E-state index < -0.39 is 11.9 Å². The minimum Gasteiger partial charge on any atom is -0.465 e. The van der Waals surface area contributed by atoms with Crippen LogP contribution in [0.1, 0.15) is 15.9 Å². The molecule has 6 nitrogen and oxygen atoms in total. The lowest BCUT2D eigenvalue weighted by Gasteiger charge is -2.09. The second kappa shape index (κ2) is 8.70. The molecule has 2 aromatic carbocycles. The second-order valence-electron chi connectivity index (χ2n) is 5.25. The van der Waals surface area contributed by atoms with Gasteiger partial charge in [-0.1, -0.05) is 17.7 Å². The Hall–Kier alpha value is -3.30. The van der Waals surface area contributed by atoms with Crippen LogP contribution >= 0.6 is 11.6 Å². The third-order valence-electron chi connectivity index (χ3n) is 3.57. The third-order valence-corrected chi connectivity index (χ3v) is 3.98. The van der Waals surface area contributed by atoms with Crippen molar-refractivity contribution >= 4 is 34.9 Å². The molecule has 0 atom stereocenters. The van der Waals surface area contributed by atoms with Crippen LogP contribution in [0.3, 0.4) is 0 Å². The van der Waals surface area contributed by atoms with Crippen LogP contribution in [0.5, 0.6) is 0 Å². The Morgan fingerprint density at radius 2 is 1.88 bits per heavy atom. The van der Waals surface area contributed by atoms with E-state index in [4.69, 9.17) is 11.6 Å². The van der Waals surface area contributed by atoms with E-state index in [0.717, 1.165) is 0 Å².